The van der Waals surface area contributed by atoms with Gasteiger partial charge in [-0.15, -0.1) is 0 Å². The molecule has 0 radical (unpaired) electrons. The predicted molar refractivity (Wildman–Crippen MR) is 120 cm³/mol. The molecule has 6 heteroatoms. The van der Waals surface area contributed by atoms with Crippen LogP contribution in [0, 0.1) is 6.92 Å². The zero-order valence-corrected chi connectivity index (χ0v) is 17.6. The van der Waals surface area contributed by atoms with Crippen molar-refractivity contribution in [3.8, 4) is 11.5 Å². The lowest BCUT2D eigenvalue weighted by Crippen LogP contribution is -2.49. The lowest BCUT2D eigenvalue weighted by atomic mass is 10.1. The van der Waals surface area contributed by atoms with Crippen molar-refractivity contribution >= 4 is 16.6 Å². The number of aromatic nitrogens is 1. The number of nitrogens with zero attached hydrogens (tertiary/aromatic N) is 3. The van der Waals surface area contributed by atoms with Gasteiger partial charge in [-0.3, -0.25) is 9.88 Å². The van der Waals surface area contributed by atoms with Crippen LogP contribution in [0.2, 0.25) is 0 Å². The highest BCUT2D eigenvalue weighted by Gasteiger charge is 2.21. The summed E-state index contributed by atoms with van der Waals surface area (Å²) >= 11 is 0. The Labute approximate surface area is 177 Å². The van der Waals surface area contributed by atoms with Crippen molar-refractivity contribution in [3.05, 3.63) is 60.3 Å². The zero-order chi connectivity index (χ0) is 20.9. The first-order valence-corrected chi connectivity index (χ1v) is 10.4. The van der Waals surface area contributed by atoms with Crippen LogP contribution in [-0.2, 0) is 0 Å². The fourth-order valence-electron chi connectivity index (χ4n) is 3.93. The maximum Gasteiger partial charge on any atom is 0.119 e. The summed E-state index contributed by atoms with van der Waals surface area (Å²) in [7, 11) is 1.64. The number of anilines is 1. The van der Waals surface area contributed by atoms with Crippen molar-refractivity contribution in [1.82, 2.24) is 9.88 Å². The highest BCUT2D eigenvalue weighted by atomic mass is 16.5. The molecule has 0 spiro atoms. The average Bonchev–Trinajstić information content (AvgIpc) is 2.78. The molecule has 2 aromatic carbocycles. The van der Waals surface area contributed by atoms with E-state index < -0.39 is 6.10 Å². The fourth-order valence-corrected chi connectivity index (χ4v) is 3.93. The van der Waals surface area contributed by atoms with Gasteiger partial charge in [0, 0.05) is 49.5 Å². The molecule has 1 fully saturated rings. The zero-order valence-electron chi connectivity index (χ0n) is 17.6. The maximum atomic E-state index is 10.4. The average molecular weight is 408 g/mol. The largest absolute Gasteiger partial charge is 0.497 e. The monoisotopic (exact) mass is 407 g/mol. The van der Waals surface area contributed by atoms with Gasteiger partial charge in [0.1, 0.15) is 24.2 Å². The number of hydrogen-bond donors (Lipinski definition) is 1. The van der Waals surface area contributed by atoms with E-state index in [9.17, 15) is 5.11 Å². The quantitative estimate of drug-likeness (QED) is 0.650. The first-order chi connectivity index (χ1) is 14.6. The number of pyridine rings is 1. The summed E-state index contributed by atoms with van der Waals surface area (Å²) in [6, 6.07) is 17.9. The van der Waals surface area contributed by atoms with Gasteiger partial charge in [0.25, 0.3) is 0 Å². The number of aryl methyl sites for hydroxylation is 1. The van der Waals surface area contributed by atoms with Gasteiger partial charge in [0.15, 0.2) is 0 Å². The number of para-hydroxylation sites is 1. The molecular weight excluding hydrogens is 378 g/mol. The summed E-state index contributed by atoms with van der Waals surface area (Å²) in [4.78, 5) is 9.37. The molecule has 1 unspecified atom stereocenters. The SMILES string of the molecule is COc1ccc(OCC(O)CN2CCN(c3cc(C)nc4ccccc34)CC2)cc1. The summed E-state index contributed by atoms with van der Waals surface area (Å²) in [5, 5.41) is 11.6. The molecule has 6 nitrogen and oxygen atoms in total. The number of ether oxygens (including phenoxy) is 2. The van der Waals surface area contributed by atoms with Crippen LogP contribution in [0.3, 0.4) is 0 Å². The second-order valence-corrected chi connectivity index (χ2v) is 7.73. The summed E-state index contributed by atoms with van der Waals surface area (Å²) in [6.45, 7) is 6.62. The number of hydrogen-bond acceptors (Lipinski definition) is 6. The van der Waals surface area contributed by atoms with E-state index in [0.29, 0.717) is 6.54 Å². The van der Waals surface area contributed by atoms with Crippen LogP contribution in [0.5, 0.6) is 11.5 Å². The minimum absolute atomic E-state index is 0.279. The van der Waals surface area contributed by atoms with Crippen molar-refractivity contribution < 1.29 is 14.6 Å². The number of rotatable bonds is 7. The molecule has 158 valence electrons. The molecule has 0 bridgehead atoms. The van der Waals surface area contributed by atoms with Crippen LogP contribution < -0.4 is 14.4 Å². The molecule has 1 N–H and O–H groups in total. The summed E-state index contributed by atoms with van der Waals surface area (Å²) in [5.74, 6) is 1.53. The van der Waals surface area contributed by atoms with E-state index in [4.69, 9.17) is 9.47 Å². The van der Waals surface area contributed by atoms with E-state index in [1.807, 2.05) is 37.3 Å². The molecule has 0 saturated carbocycles. The van der Waals surface area contributed by atoms with Crippen LogP contribution in [-0.4, -0.2) is 67.5 Å². The number of fused-ring (bicyclic) bond motifs is 1. The normalized spacial score (nSPS) is 15.9. The van der Waals surface area contributed by atoms with Gasteiger partial charge < -0.3 is 19.5 Å². The highest BCUT2D eigenvalue weighted by molar-refractivity contribution is 5.92. The van der Waals surface area contributed by atoms with Crippen molar-refractivity contribution in [2.75, 3.05) is 51.3 Å². The Bertz CT molecular complexity index is 969. The highest BCUT2D eigenvalue weighted by Crippen LogP contribution is 2.27. The van der Waals surface area contributed by atoms with E-state index >= 15 is 0 Å². The van der Waals surface area contributed by atoms with Gasteiger partial charge in [-0.1, -0.05) is 18.2 Å². The van der Waals surface area contributed by atoms with Gasteiger partial charge in [-0.05, 0) is 43.3 Å². The van der Waals surface area contributed by atoms with Crippen LogP contribution in [0.25, 0.3) is 10.9 Å². The van der Waals surface area contributed by atoms with E-state index in [2.05, 4.69) is 39.0 Å². The molecule has 1 atom stereocenters. The fraction of sp³-hybridized carbons (Fsp3) is 0.375. The van der Waals surface area contributed by atoms with Gasteiger partial charge in [0.2, 0.25) is 0 Å². The first-order valence-electron chi connectivity index (χ1n) is 10.4. The summed E-state index contributed by atoms with van der Waals surface area (Å²) in [5.41, 5.74) is 3.33. The third-order valence-electron chi connectivity index (χ3n) is 5.51. The second-order valence-electron chi connectivity index (χ2n) is 7.73. The van der Waals surface area contributed by atoms with E-state index in [0.717, 1.165) is 48.9 Å². The molecule has 0 amide bonds. The Balaban J connectivity index is 1.29. The van der Waals surface area contributed by atoms with Crippen molar-refractivity contribution in [2.24, 2.45) is 0 Å². The van der Waals surface area contributed by atoms with Crippen LogP contribution in [0.15, 0.2) is 54.6 Å². The lowest BCUT2D eigenvalue weighted by molar-refractivity contribution is 0.0663. The molecule has 4 rings (SSSR count). The molecule has 2 heterocycles. The van der Waals surface area contributed by atoms with Crippen LogP contribution in [0.1, 0.15) is 5.69 Å². The molecular formula is C24H29N3O3. The van der Waals surface area contributed by atoms with Gasteiger partial charge >= 0.3 is 0 Å². The Kier molecular flexibility index (Phi) is 6.35. The number of benzene rings is 2. The van der Waals surface area contributed by atoms with Crippen molar-refractivity contribution in [1.29, 1.82) is 0 Å². The van der Waals surface area contributed by atoms with Gasteiger partial charge in [-0.2, -0.15) is 0 Å². The van der Waals surface area contributed by atoms with Gasteiger partial charge in [0.05, 0.1) is 12.6 Å². The second kappa shape index (κ2) is 9.32. The molecule has 1 aliphatic rings. The Hall–Kier alpha value is -2.83. The number of aliphatic hydroxyl groups is 1. The lowest BCUT2D eigenvalue weighted by Gasteiger charge is -2.37. The molecule has 1 saturated heterocycles. The van der Waals surface area contributed by atoms with Gasteiger partial charge in [-0.25, -0.2) is 0 Å². The third kappa shape index (κ3) is 4.83. The molecule has 1 aromatic heterocycles. The maximum absolute atomic E-state index is 10.4. The van der Waals surface area contributed by atoms with Crippen LogP contribution in [0.4, 0.5) is 5.69 Å². The van der Waals surface area contributed by atoms with Crippen molar-refractivity contribution in [3.63, 3.8) is 0 Å². The van der Waals surface area contributed by atoms with E-state index in [1.165, 1.54) is 11.1 Å². The summed E-state index contributed by atoms with van der Waals surface area (Å²) < 4.78 is 10.9. The minimum Gasteiger partial charge on any atom is -0.497 e. The van der Waals surface area contributed by atoms with Crippen LogP contribution >= 0.6 is 0 Å². The smallest absolute Gasteiger partial charge is 0.119 e. The Morgan fingerprint density at radius 3 is 2.43 bits per heavy atom. The Morgan fingerprint density at radius 1 is 1.00 bits per heavy atom. The summed E-state index contributed by atoms with van der Waals surface area (Å²) in [6.07, 6.45) is -0.525. The first kappa shape index (κ1) is 20.4. The Morgan fingerprint density at radius 2 is 1.70 bits per heavy atom. The topological polar surface area (TPSA) is 58.1 Å². The third-order valence-corrected chi connectivity index (χ3v) is 5.51. The number of methoxy groups -OCH3 is 1. The predicted octanol–water partition coefficient (Wildman–Crippen LogP) is 3.11. The molecule has 1 aliphatic heterocycles. The number of piperazine rings is 1. The molecule has 30 heavy (non-hydrogen) atoms. The molecule has 3 aromatic rings. The minimum atomic E-state index is -0.525. The number of β-amino-alcohol motifs (C(OH)–C–C–N with tert-alkyl or cyclic N) is 1. The number of aliphatic hydroxyl groups excluding tert-OH is 1. The van der Waals surface area contributed by atoms with E-state index in [-0.39, 0.29) is 6.61 Å². The van der Waals surface area contributed by atoms with Crippen molar-refractivity contribution in [2.45, 2.75) is 13.0 Å². The standard InChI is InChI=1S/C24H29N3O3/c1-18-15-24(22-5-3-4-6-23(22)25-18)27-13-11-26(12-14-27)16-19(28)17-30-21-9-7-20(29-2)8-10-21/h3-10,15,19,28H,11-14,16-17H2,1-2H3. The van der Waals surface area contributed by atoms with E-state index in [1.54, 1.807) is 7.11 Å². The molecule has 0 aliphatic carbocycles.